The number of benzene rings is 1. The summed E-state index contributed by atoms with van der Waals surface area (Å²) < 4.78 is 15.6. The lowest BCUT2D eigenvalue weighted by Gasteiger charge is -2.37. The van der Waals surface area contributed by atoms with Crippen LogP contribution in [0.3, 0.4) is 0 Å². The van der Waals surface area contributed by atoms with Gasteiger partial charge in [0.25, 0.3) is 11.8 Å². The van der Waals surface area contributed by atoms with Crippen LogP contribution in [0, 0.1) is 5.82 Å². The number of amides is 2. The maximum atomic E-state index is 14.9. The Morgan fingerprint density at radius 2 is 2.06 bits per heavy atom. The standard InChI is InChI=1S/C22H18BrFN6O2/c1-22(12-30(21(32)19(25)29-22)15-3-2-8-26-11-15)16-9-14(5-6-17(16)24)28-20(31)18-7-4-13(23)10-27-18/h2-11H,12H2,1H3,(H2,25,29)(H,28,31). The van der Waals surface area contributed by atoms with E-state index < -0.39 is 23.2 Å². The van der Waals surface area contributed by atoms with E-state index in [1.165, 1.54) is 35.5 Å². The molecule has 10 heteroatoms. The number of rotatable bonds is 4. The Morgan fingerprint density at radius 3 is 2.75 bits per heavy atom. The molecule has 3 N–H and O–H groups in total. The van der Waals surface area contributed by atoms with Gasteiger partial charge < -0.3 is 16.0 Å². The summed E-state index contributed by atoms with van der Waals surface area (Å²) in [6, 6.07) is 10.8. The molecule has 1 aromatic carbocycles. The van der Waals surface area contributed by atoms with Gasteiger partial charge in [-0.3, -0.25) is 19.6 Å². The van der Waals surface area contributed by atoms with Gasteiger partial charge in [0.15, 0.2) is 5.84 Å². The lowest BCUT2D eigenvalue weighted by atomic mass is 9.89. The van der Waals surface area contributed by atoms with Crippen molar-refractivity contribution >= 4 is 45.0 Å². The molecule has 0 spiro atoms. The first kappa shape index (κ1) is 21.6. The zero-order valence-corrected chi connectivity index (χ0v) is 18.5. The number of anilines is 2. The van der Waals surface area contributed by atoms with Crippen molar-refractivity contribution in [3.05, 3.63) is 82.6 Å². The maximum absolute atomic E-state index is 14.9. The number of nitrogens with zero attached hydrogens (tertiary/aromatic N) is 4. The molecule has 2 amide bonds. The van der Waals surface area contributed by atoms with Crippen molar-refractivity contribution in [3.8, 4) is 0 Å². The molecule has 2 aromatic heterocycles. The highest BCUT2D eigenvalue weighted by Crippen LogP contribution is 2.35. The summed E-state index contributed by atoms with van der Waals surface area (Å²) in [5.74, 6) is -1.71. The van der Waals surface area contributed by atoms with E-state index in [1.807, 2.05) is 0 Å². The Morgan fingerprint density at radius 1 is 1.25 bits per heavy atom. The molecule has 3 heterocycles. The number of hydrogen-bond donors (Lipinski definition) is 2. The second-order valence-electron chi connectivity index (χ2n) is 7.38. The second kappa shape index (κ2) is 8.46. The van der Waals surface area contributed by atoms with Gasteiger partial charge in [-0.15, -0.1) is 0 Å². The molecule has 0 fully saturated rings. The Labute approximate surface area is 191 Å². The van der Waals surface area contributed by atoms with E-state index in [1.54, 1.807) is 37.4 Å². The topological polar surface area (TPSA) is 114 Å². The van der Waals surface area contributed by atoms with Gasteiger partial charge in [0.1, 0.15) is 17.1 Å². The number of aliphatic imine (C=N–C) groups is 1. The quantitative estimate of drug-likeness (QED) is 0.575. The van der Waals surface area contributed by atoms with Gasteiger partial charge in [0, 0.05) is 28.1 Å². The number of nitrogens with two attached hydrogens (primary N) is 1. The monoisotopic (exact) mass is 496 g/mol. The van der Waals surface area contributed by atoms with Crippen LogP contribution in [0.25, 0.3) is 0 Å². The minimum absolute atomic E-state index is 0.0425. The molecule has 32 heavy (non-hydrogen) atoms. The molecule has 162 valence electrons. The van der Waals surface area contributed by atoms with Crippen molar-refractivity contribution in [2.75, 3.05) is 16.8 Å². The highest BCUT2D eigenvalue weighted by Gasteiger charge is 2.39. The normalized spacial score (nSPS) is 18.3. The van der Waals surface area contributed by atoms with Crippen LogP contribution in [0.15, 0.2) is 70.5 Å². The lowest BCUT2D eigenvalue weighted by molar-refractivity contribution is -0.113. The zero-order valence-electron chi connectivity index (χ0n) is 16.9. The predicted octanol–water partition coefficient (Wildman–Crippen LogP) is 3.25. The van der Waals surface area contributed by atoms with Gasteiger partial charge >= 0.3 is 0 Å². The number of carbonyl (C=O) groups excluding carboxylic acids is 2. The molecular formula is C22H18BrFN6O2. The van der Waals surface area contributed by atoms with Gasteiger partial charge in [-0.2, -0.15) is 0 Å². The first-order valence-corrected chi connectivity index (χ1v) is 10.4. The number of nitrogens with one attached hydrogen (secondary N) is 1. The summed E-state index contributed by atoms with van der Waals surface area (Å²) in [5.41, 5.74) is 5.99. The molecule has 0 radical (unpaired) electrons. The highest BCUT2D eigenvalue weighted by atomic mass is 79.9. The van der Waals surface area contributed by atoms with Crippen molar-refractivity contribution in [2.45, 2.75) is 12.5 Å². The van der Waals surface area contributed by atoms with Crippen molar-refractivity contribution < 1.29 is 14.0 Å². The number of hydrogen-bond acceptors (Lipinski definition) is 6. The molecular weight excluding hydrogens is 479 g/mol. The number of aromatic nitrogens is 2. The lowest BCUT2D eigenvalue weighted by Crippen LogP contribution is -2.52. The van der Waals surface area contributed by atoms with Crippen molar-refractivity contribution in [1.29, 1.82) is 0 Å². The van der Waals surface area contributed by atoms with E-state index in [4.69, 9.17) is 5.73 Å². The SMILES string of the molecule is CC1(c2cc(NC(=O)c3ccc(Br)cn3)ccc2F)CN(c2cccnc2)C(=O)C(N)=N1. The van der Waals surface area contributed by atoms with Gasteiger partial charge in [-0.25, -0.2) is 9.37 Å². The molecule has 1 atom stereocenters. The Hall–Kier alpha value is -3.66. The number of halogens is 2. The Bertz CT molecular complexity index is 1220. The average molecular weight is 497 g/mol. The second-order valence-corrected chi connectivity index (χ2v) is 8.30. The summed E-state index contributed by atoms with van der Waals surface area (Å²) in [7, 11) is 0. The van der Waals surface area contributed by atoms with E-state index in [0.717, 1.165) is 4.47 Å². The van der Waals surface area contributed by atoms with Crippen LogP contribution >= 0.6 is 15.9 Å². The van der Waals surface area contributed by atoms with Crippen molar-refractivity contribution in [1.82, 2.24) is 9.97 Å². The van der Waals surface area contributed by atoms with Crippen LogP contribution in [0.5, 0.6) is 0 Å². The summed E-state index contributed by atoms with van der Waals surface area (Å²) in [4.78, 5) is 38.9. The van der Waals surface area contributed by atoms with E-state index in [-0.39, 0.29) is 23.6 Å². The van der Waals surface area contributed by atoms with Crippen molar-refractivity contribution in [2.24, 2.45) is 10.7 Å². The molecule has 0 aliphatic carbocycles. The fourth-order valence-electron chi connectivity index (χ4n) is 3.46. The predicted molar refractivity (Wildman–Crippen MR) is 122 cm³/mol. The van der Waals surface area contributed by atoms with E-state index in [9.17, 15) is 14.0 Å². The fourth-order valence-corrected chi connectivity index (χ4v) is 3.69. The smallest absolute Gasteiger partial charge is 0.293 e. The molecule has 0 saturated heterocycles. The largest absolute Gasteiger partial charge is 0.379 e. The van der Waals surface area contributed by atoms with Crippen LogP contribution in [0.2, 0.25) is 0 Å². The van der Waals surface area contributed by atoms with Gasteiger partial charge in [-0.05, 0) is 65.3 Å². The maximum Gasteiger partial charge on any atom is 0.293 e. The van der Waals surface area contributed by atoms with Crippen molar-refractivity contribution in [3.63, 3.8) is 0 Å². The Kier molecular flexibility index (Phi) is 5.70. The average Bonchev–Trinajstić information content (AvgIpc) is 2.78. The minimum atomic E-state index is -1.19. The number of pyridine rings is 2. The summed E-state index contributed by atoms with van der Waals surface area (Å²) in [6.45, 7) is 1.72. The number of carbonyl (C=O) groups is 2. The first-order valence-electron chi connectivity index (χ1n) is 9.57. The molecule has 0 bridgehead atoms. The van der Waals surface area contributed by atoms with E-state index in [0.29, 0.717) is 11.4 Å². The van der Waals surface area contributed by atoms with Crippen LogP contribution in [-0.2, 0) is 10.3 Å². The third-order valence-corrected chi connectivity index (χ3v) is 5.49. The molecule has 1 aliphatic heterocycles. The van der Waals surface area contributed by atoms with Crippen LogP contribution in [-0.4, -0.2) is 34.2 Å². The molecule has 1 aliphatic rings. The number of amidine groups is 1. The first-order chi connectivity index (χ1) is 15.3. The molecule has 4 rings (SSSR count). The Balaban J connectivity index is 1.67. The zero-order chi connectivity index (χ0) is 22.9. The van der Waals surface area contributed by atoms with E-state index >= 15 is 0 Å². The van der Waals surface area contributed by atoms with Crippen LogP contribution in [0.4, 0.5) is 15.8 Å². The molecule has 1 unspecified atom stereocenters. The van der Waals surface area contributed by atoms with Gasteiger partial charge in [-0.1, -0.05) is 0 Å². The third kappa shape index (κ3) is 4.22. The third-order valence-electron chi connectivity index (χ3n) is 5.02. The molecule has 3 aromatic rings. The summed E-state index contributed by atoms with van der Waals surface area (Å²) in [5, 5.41) is 2.71. The van der Waals surface area contributed by atoms with Crippen LogP contribution in [0.1, 0.15) is 23.0 Å². The van der Waals surface area contributed by atoms with Crippen LogP contribution < -0.4 is 16.0 Å². The summed E-state index contributed by atoms with van der Waals surface area (Å²) >= 11 is 3.27. The molecule has 8 nitrogen and oxygen atoms in total. The van der Waals surface area contributed by atoms with Gasteiger partial charge in [0.05, 0.1) is 18.4 Å². The molecule has 0 saturated carbocycles. The fraction of sp³-hybridized carbons (Fsp3) is 0.136. The van der Waals surface area contributed by atoms with Gasteiger partial charge in [0.2, 0.25) is 0 Å². The summed E-state index contributed by atoms with van der Waals surface area (Å²) in [6.07, 6.45) is 4.62. The minimum Gasteiger partial charge on any atom is -0.379 e. The van der Waals surface area contributed by atoms with E-state index in [2.05, 4.69) is 36.2 Å². The highest BCUT2D eigenvalue weighted by molar-refractivity contribution is 9.10.